The Balaban J connectivity index is 2.39. The van der Waals surface area contributed by atoms with Crippen molar-refractivity contribution >= 4 is 0 Å². The fourth-order valence-electron chi connectivity index (χ4n) is 1.04. The third-order valence-electron chi connectivity index (χ3n) is 1.51. The molecule has 10 heavy (non-hydrogen) atoms. The minimum absolute atomic E-state index is 0.254. The lowest BCUT2D eigenvalue weighted by atomic mass is 10.1. The van der Waals surface area contributed by atoms with E-state index < -0.39 is 6.17 Å². The van der Waals surface area contributed by atoms with Crippen LogP contribution in [0.25, 0.3) is 10.4 Å². The van der Waals surface area contributed by atoms with Gasteiger partial charge in [0, 0.05) is 0 Å². The number of hydrogen-bond acceptors (Lipinski definition) is 1. The molecule has 0 aromatic heterocycles. The first-order valence-electron chi connectivity index (χ1n) is 3.27. The molecule has 0 aromatic carbocycles. The Morgan fingerprint density at radius 3 is 3.10 bits per heavy atom. The fraction of sp³-hybridized carbons (Fsp3) is 1.00. The SMILES string of the molecule is [N-]=[N+]=NN1CCCC(F)C1. The van der Waals surface area contributed by atoms with Crippen LogP contribution in [0, 0.1) is 0 Å². The summed E-state index contributed by atoms with van der Waals surface area (Å²) in [5.41, 5.74) is 8.00. The molecule has 5 heteroatoms. The highest BCUT2D eigenvalue weighted by Gasteiger charge is 2.19. The Labute approximate surface area is 58.2 Å². The van der Waals surface area contributed by atoms with Crippen molar-refractivity contribution in [3.05, 3.63) is 10.4 Å². The zero-order valence-electron chi connectivity index (χ0n) is 5.57. The van der Waals surface area contributed by atoms with E-state index in [1.54, 1.807) is 0 Å². The Morgan fingerprint density at radius 1 is 1.70 bits per heavy atom. The van der Waals surface area contributed by atoms with E-state index in [9.17, 15) is 4.39 Å². The largest absolute Gasteiger partial charge is 0.245 e. The molecule has 0 amide bonds. The van der Waals surface area contributed by atoms with Crippen LogP contribution < -0.4 is 0 Å². The lowest BCUT2D eigenvalue weighted by Gasteiger charge is -2.21. The van der Waals surface area contributed by atoms with Crippen molar-refractivity contribution in [2.75, 3.05) is 13.1 Å². The van der Waals surface area contributed by atoms with E-state index in [4.69, 9.17) is 5.53 Å². The lowest BCUT2D eigenvalue weighted by molar-refractivity contribution is 0.140. The molecule has 0 saturated carbocycles. The summed E-state index contributed by atoms with van der Waals surface area (Å²) in [5, 5.41) is 4.73. The summed E-state index contributed by atoms with van der Waals surface area (Å²) in [5.74, 6) is 0. The smallest absolute Gasteiger partial charge is 0.138 e. The van der Waals surface area contributed by atoms with Crippen molar-refractivity contribution in [3.8, 4) is 0 Å². The Bertz CT molecular complexity index is 154. The minimum atomic E-state index is -0.820. The zero-order valence-corrected chi connectivity index (χ0v) is 5.57. The van der Waals surface area contributed by atoms with Gasteiger partial charge in [0.15, 0.2) is 0 Å². The quantitative estimate of drug-likeness (QED) is 0.313. The molecule has 0 aliphatic carbocycles. The number of alkyl halides is 1. The molecule has 1 heterocycles. The first-order valence-corrected chi connectivity index (χ1v) is 3.27. The van der Waals surface area contributed by atoms with Crippen LogP contribution in [-0.4, -0.2) is 24.3 Å². The van der Waals surface area contributed by atoms with Crippen molar-refractivity contribution in [2.45, 2.75) is 19.0 Å². The Morgan fingerprint density at radius 2 is 2.50 bits per heavy atom. The van der Waals surface area contributed by atoms with Crippen molar-refractivity contribution in [2.24, 2.45) is 5.22 Å². The maximum absolute atomic E-state index is 12.5. The molecule has 0 aromatic rings. The highest BCUT2D eigenvalue weighted by Crippen LogP contribution is 2.12. The molecular formula is C5H9FN4. The maximum atomic E-state index is 12.5. The number of hydrogen-bond donors (Lipinski definition) is 0. The second-order valence-electron chi connectivity index (χ2n) is 2.33. The molecule has 4 nitrogen and oxygen atoms in total. The molecule has 0 N–H and O–H groups in total. The van der Waals surface area contributed by atoms with Crippen molar-refractivity contribution < 1.29 is 4.39 Å². The Hall–Kier alpha value is -0.960. The van der Waals surface area contributed by atoms with E-state index in [2.05, 4.69) is 10.1 Å². The summed E-state index contributed by atoms with van der Waals surface area (Å²) in [4.78, 5) is 2.58. The fourth-order valence-corrected chi connectivity index (χ4v) is 1.04. The average Bonchev–Trinajstić information content (AvgIpc) is 1.88. The topological polar surface area (TPSA) is 52.0 Å². The van der Waals surface area contributed by atoms with Gasteiger partial charge < -0.3 is 0 Å². The lowest BCUT2D eigenvalue weighted by Crippen LogP contribution is -2.31. The van der Waals surface area contributed by atoms with Gasteiger partial charge in [0.1, 0.15) is 12.7 Å². The summed E-state index contributed by atoms with van der Waals surface area (Å²) in [6.45, 7) is 0.939. The molecule has 1 saturated heterocycles. The van der Waals surface area contributed by atoms with Crippen molar-refractivity contribution in [1.82, 2.24) is 5.01 Å². The minimum Gasteiger partial charge on any atom is -0.245 e. The van der Waals surface area contributed by atoms with Crippen molar-refractivity contribution in [1.29, 1.82) is 0 Å². The van der Waals surface area contributed by atoms with Gasteiger partial charge in [-0.3, -0.25) is 0 Å². The van der Waals surface area contributed by atoms with E-state index in [1.807, 2.05) is 0 Å². The molecule has 0 bridgehead atoms. The third kappa shape index (κ3) is 1.77. The number of azide groups is 1. The van der Waals surface area contributed by atoms with Crippen LogP contribution in [-0.2, 0) is 0 Å². The molecule has 0 radical (unpaired) electrons. The van der Waals surface area contributed by atoms with Crippen LogP contribution in [0.4, 0.5) is 4.39 Å². The summed E-state index contributed by atoms with van der Waals surface area (Å²) in [6, 6.07) is 0. The maximum Gasteiger partial charge on any atom is 0.138 e. The van der Waals surface area contributed by atoms with Gasteiger partial charge in [-0.2, -0.15) is 4.91 Å². The van der Waals surface area contributed by atoms with Gasteiger partial charge >= 0.3 is 0 Å². The predicted molar refractivity (Wildman–Crippen MR) is 34.8 cm³/mol. The normalized spacial score (nSPS) is 25.7. The zero-order chi connectivity index (χ0) is 7.40. The average molecular weight is 144 g/mol. The van der Waals surface area contributed by atoms with Crippen LogP contribution >= 0.6 is 0 Å². The number of rotatable bonds is 1. The van der Waals surface area contributed by atoms with E-state index in [-0.39, 0.29) is 6.54 Å². The summed E-state index contributed by atoms with van der Waals surface area (Å²) in [6.07, 6.45) is 0.553. The molecule has 1 rings (SSSR count). The highest BCUT2D eigenvalue weighted by molar-refractivity contribution is 4.69. The number of piperidine rings is 1. The number of halogens is 1. The van der Waals surface area contributed by atoms with Gasteiger partial charge in [-0.25, -0.2) is 9.40 Å². The van der Waals surface area contributed by atoms with Crippen LogP contribution in [0.15, 0.2) is 5.22 Å². The number of nitrogens with zero attached hydrogens (tertiary/aromatic N) is 4. The molecular weight excluding hydrogens is 135 g/mol. The van der Waals surface area contributed by atoms with E-state index in [0.29, 0.717) is 13.0 Å². The standard InChI is InChI=1S/C5H9FN4/c6-5-2-1-3-10(4-5)9-8-7/h5H,1-4H2. The first kappa shape index (κ1) is 7.15. The molecule has 0 spiro atoms. The van der Waals surface area contributed by atoms with Gasteiger partial charge in [-0.05, 0) is 18.1 Å². The van der Waals surface area contributed by atoms with Gasteiger partial charge in [0.25, 0.3) is 0 Å². The van der Waals surface area contributed by atoms with Crippen LogP contribution in [0.5, 0.6) is 0 Å². The summed E-state index contributed by atoms with van der Waals surface area (Å²) >= 11 is 0. The molecule has 56 valence electrons. The Kier molecular flexibility index (Phi) is 2.34. The second kappa shape index (κ2) is 3.27. The molecule has 1 aliphatic heterocycles. The van der Waals surface area contributed by atoms with E-state index in [0.717, 1.165) is 6.42 Å². The van der Waals surface area contributed by atoms with Gasteiger partial charge in [0.05, 0.1) is 6.54 Å². The predicted octanol–water partition coefficient (Wildman–Crippen LogP) is 1.65. The molecule has 1 atom stereocenters. The summed E-state index contributed by atoms with van der Waals surface area (Å²) in [7, 11) is 0. The van der Waals surface area contributed by atoms with Crippen molar-refractivity contribution in [3.63, 3.8) is 0 Å². The van der Waals surface area contributed by atoms with E-state index >= 15 is 0 Å². The summed E-state index contributed by atoms with van der Waals surface area (Å²) < 4.78 is 12.5. The van der Waals surface area contributed by atoms with Gasteiger partial charge in [0.2, 0.25) is 0 Å². The molecule has 1 unspecified atom stereocenters. The third-order valence-corrected chi connectivity index (χ3v) is 1.51. The molecule has 1 fully saturated rings. The van der Waals surface area contributed by atoms with Crippen LogP contribution in [0.1, 0.15) is 12.8 Å². The molecule has 1 aliphatic rings. The van der Waals surface area contributed by atoms with Crippen LogP contribution in [0.3, 0.4) is 0 Å². The van der Waals surface area contributed by atoms with Gasteiger partial charge in [-0.15, -0.1) is 5.53 Å². The second-order valence-corrected chi connectivity index (χ2v) is 2.33. The van der Waals surface area contributed by atoms with Gasteiger partial charge in [-0.1, -0.05) is 0 Å². The van der Waals surface area contributed by atoms with E-state index in [1.165, 1.54) is 5.01 Å². The monoisotopic (exact) mass is 144 g/mol. The van der Waals surface area contributed by atoms with Crippen LogP contribution in [0.2, 0.25) is 0 Å². The first-order chi connectivity index (χ1) is 4.83. The highest BCUT2D eigenvalue weighted by atomic mass is 19.1.